The van der Waals surface area contributed by atoms with Crippen molar-refractivity contribution in [2.24, 2.45) is 0 Å². The number of piperidine rings is 1. The van der Waals surface area contributed by atoms with Crippen molar-refractivity contribution in [2.45, 2.75) is 45.7 Å². The fourth-order valence-electron chi connectivity index (χ4n) is 2.00. The van der Waals surface area contributed by atoms with Crippen LogP contribution in [0.2, 0.25) is 0 Å². The molecule has 1 saturated heterocycles. The molecule has 1 aliphatic heterocycles. The normalized spacial score (nSPS) is 21.5. The van der Waals surface area contributed by atoms with E-state index in [9.17, 15) is 4.79 Å². The van der Waals surface area contributed by atoms with Gasteiger partial charge in [0.15, 0.2) is 0 Å². The molecule has 88 valence electrons. The van der Waals surface area contributed by atoms with Crippen molar-refractivity contribution in [1.82, 2.24) is 15.5 Å². The number of likely N-dealkylation sites (N-methyl/N-ethyl adjacent to an activating group) is 1. The molecule has 0 aromatic carbocycles. The lowest BCUT2D eigenvalue weighted by Gasteiger charge is -2.34. The summed E-state index contributed by atoms with van der Waals surface area (Å²) in [5.41, 5.74) is 0. The smallest absolute Gasteiger partial charge is 0.317 e. The summed E-state index contributed by atoms with van der Waals surface area (Å²) < 4.78 is 0. The summed E-state index contributed by atoms with van der Waals surface area (Å²) >= 11 is 0. The Morgan fingerprint density at radius 1 is 1.60 bits per heavy atom. The van der Waals surface area contributed by atoms with Crippen LogP contribution in [0.15, 0.2) is 0 Å². The first-order valence-electron chi connectivity index (χ1n) is 5.93. The highest BCUT2D eigenvalue weighted by Gasteiger charge is 2.23. The van der Waals surface area contributed by atoms with Crippen LogP contribution in [0.1, 0.15) is 33.6 Å². The Morgan fingerprint density at radius 3 is 2.80 bits per heavy atom. The van der Waals surface area contributed by atoms with Crippen LogP contribution in [0.25, 0.3) is 0 Å². The van der Waals surface area contributed by atoms with Crippen LogP contribution in [0.4, 0.5) is 4.79 Å². The molecule has 0 aromatic rings. The summed E-state index contributed by atoms with van der Waals surface area (Å²) in [5.74, 6) is 0. The third kappa shape index (κ3) is 3.70. The van der Waals surface area contributed by atoms with Crippen LogP contribution in [0.5, 0.6) is 0 Å². The van der Waals surface area contributed by atoms with Crippen LogP contribution in [-0.4, -0.2) is 42.6 Å². The zero-order valence-electron chi connectivity index (χ0n) is 10.0. The van der Waals surface area contributed by atoms with Gasteiger partial charge in [0.05, 0.1) is 0 Å². The SMILES string of the molecule is CCN(C(=O)NC(C)C)C1CCCNC1. The van der Waals surface area contributed by atoms with E-state index in [0.29, 0.717) is 6.04 Å². The van der Waals surface area contributed by atoms with Gasteiger partial charge >= 0.3 is 6.03 Å². The van der Waals surface area contributed by atoms with E-state index < -0.39 is 0 Å². The van der Waals surface area contributed by atoms with Crippen molar-refractivity contribution in [2.75, 3.05) is 19.6 Å². The summed E-state index contributed by atoms with van der Waals surface area (Å²) in [7, 11) is 0. The van der Waals surface area contributed by atoms with E-state index in [1.807, 2.05) is 25.7 Å². The highest BCUT2D eigenvalue weighted by atomic mass is 16.2. The molecule has 0 aromatic heterocycles. The van der Waals surface area contributed by atoms with E-state index in [2.05, 4.69) is 10.6 Å². The van der Waals surface area contributed by atoms with Crippen molar-refractivity contribution in [3.8, 4) is 0 Å². The van der Waals surface area contributed by atoms with Gasteiger partial charge in [0.1, 0.15) is 0 Å². The average Bonchev–Trinajstić information content (AvgIpc) is 2.19. The average molecular weight is 213 g/mol. The topological polar surface area (TPSA) is 44.4 Å². The van der Waals surface area contributed by atoms with Gasteiger partial charge in [0, 0.05) is 25.2 Å². The van der Waals surface area contributed by atoms with E-state index >= 15 is 0 Å². The first-order chi connectivity index (χ1) is 7.15. The number of nitrogens with one attached hydrogen (secondary N) is 2. The molecule has 1 heterocycles. The minimum Gasteiger partial charge on any atom is -0.336 e. The first-order valence-corrected chi connectivity index (χ1v) is 5.93. The van der Waals surface area contributed by atoms with Gasteiger partial charge in [-0.3, -0.25) is 0 Å². The quantitative estimate of drug-likeness (QED) is 0.739. The Hall–Kier alpha value is -0.770. The lowest BCUT2D eigenvalue weighted by atomic mass is 10.1. The maximum atomic E-state index is 11.9. The minimum atomic E-state index is 0.0706. The lowest BCUT2D eigenvalue weighted by Crippen LogP contribution is -2.53. The van der Waals surface area contributed by atoms with Gasteiger partial charge in [-0.15, -0.1) is 0 Å². The second-order valence-corrected chi connectivity index (χ2v) is 4.39. The summed E-state index contributed by atoms with van der Waals surface area (Å²) in [5, 5.41) is 6.29. The van der Waals surface area contributed by atoms with Crippen LogP contribution in [0.3, 0.4) is 0 Å². The maximum Gasteiger partial charge on any atom is 0.317 e. The monoisotopic (exact) mass is 213 g/mol. The second kappa shape index (κ2) is 5.95. The number of hydrogen-bond donors (Lipinski definition) is 2. The molecule has 1 fully saturated rings. The van der Waals surface area contributed by atoms with Crippen molar-refractivity contribution < 1.29 is 4.79 Å². The van der Waals surface area contributed by atoms with Gasteiger partial charge in [-0.25, -0.2) is 4.79 Å². The molecule has 0 saturated carbocycles. The van der Waals surface area contributed by atoms with Crippen LogP contribution >= 0.6 is 0 Å². The summed E-state index contributed by atoms with van der Waals surface area (Å²) in [6, 6.07) is 0.645. The Labute approximate surface area is 92.4 Å². The standard InChI is InChI=1S/C11H23N3O/c1-4-14(11(15)13-9(2)3)10-6-5-7-12-8-10/h9-10,12H,4-8H2,1-3H3,(H,13,15). The number of amides is 2. The van der Waals surface area contributed by atoms with Gasteiger partial charge in [-0.1, -0.05) is 0 Å². The van der Waals surface area contributed by atoms with Gasteiger partial charge in [-0.2, -0.15) is 0 Å². The molecule has 0 bridgehead atoms. The number of rotatable bonds is 3. The Kier molecular flexibility index (Phi) is 4.88. The molecule has 1 aliphatic rings. The fourth-order valence-corrected chi connectivity index (χ4v) is 2.00. The van der Waals surface area contributed by atoms with Gasteiger partial charge in [0.25, 0.3) is 0 Å². The van der Waals surface area contributed by atoms with Crippen molar-refractivity contribution in [3.63, 3.8) is 0 Å². The highest BCUT2D eigenvalue weighted by molar-refractivity contribution is 5.74. The molecule has 2 N–H and O–H groups in total. The molecule has 4 heteroatoms. The van der Waals surface area contributed by atoms with E-state index in [4.69, 9.17) is 0 Å². The summed E-state index contributed by atoms with van der Waals surface area (Å²) in [6.07, 6.45) is 2.28. The number of urea groups is 1. The number of nitrogens with zero attached hydrogens (tertiary/aromatic N) is 1. The maximum absolute atomic E-state index is 11.9. The van der Waals surface area contributed by atoms with E-state index in [1.165, 1.54) is 0 Å². The second-order valence-electron chi connectivity index (χ2n) is 4.39. The first kappa shape index (κ1) is 12.3. The third-order valence-electron chi connectivity index (χ3n) is 2.73. The Balaban J connectivity index is 2.49. The van der Waals surface area contributed by atoms with Gasteiger partial charge < -0.3 is 15.5 Å². The molecule has 4 nitrogen and oxygen atoms in total. The summed E-state index contributed by atoms with van der Waals surface area (Å²) in [6.45, 7) is 8.81. The number of carbonyl (C=O) groups excluding carboxylic acids is 1. The molecule has 2 amide bonds. The Morgan fingerprint density at radius 2 is 2.33 bits per heavy atom. The molecular formula is C11H23N3O. The van der Waals surface area contributed by atoms with Crippen molar-refractivity contribution >= 4 is 6.03 Å². The molecule has 0 spiro atoms. The molecule has 1 unspecified atom stereocenters. The van der Waals surface area contributed by atoms with Crippen LogP contribution in [0, 0.1) is 0 Å². The molecule has 0 radical (unpaired) electrons. The van der Waals surface area contributed by atoms with Crippen molar-refractivity contribution in [3.05, 3.63) is 0 Å². The van der Waals surface area contributed by atoms with E-state index in [-0.39, 0.29) is 12.1 Å². The van der Waals surface area contributed by atoms with E-state index in [1.54, 1.807) is 0 Å². The van der Waals surface area contributed by atoms with E-state index in [0.717, 1.165) is 32.5 Å². The molecule has 0 aliphatic carbocycles. The third-order valence-corrected chi connectivity index (χ3v) is 2.73. The molecule has 1 atom stereocenters. The lowest BCUT2D eigenvalue weighted by molar-refractivity contribution is 0.163. The predicted molar refractivity (Wildman–Crippen MR) is 61.9 cm³/mol. The Bertz CT molecular complexity index is 200. The predicted octanol–water partition coefficient (Wildman–Crippen LogP) is 1.18. The highest BCUT2D eigenvalue weighted by Crippen LogP contribution is 2.10. The number of hydrogen-bond acceptors (Lipinski definition) is 2. The zero-order valence-corrected chi connectivity index (χ0v) is 10.0. The number of carbonyl (C=O) groups is 1. The van der Waals surface area contributed by atoms with Gasteiger partial charge in [-0.05, 0) is 40.2 Å². The van der Waals surface area contributed by atoms with Crippen LogP contribution in [-0.2, 0) is 0 Å². The molecular weight excluding hydrogens is 190 g/mol. The summed E-state index contributed by atoms with van der Waals surface area (Å²) in [4.78, 5) is 13.8. The van der Waals surface area contributed by atoms with Gasteiger partial charge in [0.2, 0.25) is 0 Å². The molecule has 1 rings (SSSR count). The van der Waals surface area contributed by atoms with Crippen LogP contribution < -0.4 is 10.6 Å². The largest absolute Gasteiger partial charge is 0.336 e. The van der Waals surface area contributed by atoms with Crippen molar-refractivity contribution in [1.29, 1.82) is 0 Å². The zero-order chi connectivity index (χ0) is 11.3. The molecule has 15 heavy (non-hydrogen) atoms. The fraction of sp³-hybridized carbons (Fsp3) is 0.909. The minimum absolute atomic E-state index is 0.0706.